The first-order valence-electron chi connectivity index (χ1n) is 9.20. The number of aromatic nitrogens is 1. The highest BCUT2D eigenvalue weighted by Crippen LogP contribution is 2.38. The third-order valence-electron chi connectivity index (χ3n) is 4.22. The highest BCUT2D eigenvalue weighted by atomic mass is 32.2. The lowest BCUT2D eigenvalue weighted by molar-refractivity contribution is -0.168. The molecule has 1 aromatic rings. The first-order chi connectivity index (χ1) is 15.3. The molecule has 13 nitrogen and oxygen atoms in total. The maximum atomic E-state index is 12.7. The second kappa shape index (κ2) is 9.86. The van der Waals surface area contributed by atoms with E-state index < -0.39 is 47.4 Å². The zero-order chi connectivity index (χ0) is 23.4. The van der Waals surface area contributed by atoms with Gasteiger partial charge in [-0.05, 0) is 13.0 Å². The number of carbonyl (C=O) groups excluding carboxylic acids is 4. The summed E-state index contributed by atoms with van der Waals surface area (Å²) in [4.78, 5) is 54.0. The van der Waals surface area contributed by atoms with Crippen LogP contribution in [0.3, 0.4) is 0 Å². The van der Waals surface area contributed by atoms with Gasteiger partial charge in [-0.3, -0.25) is 14.5 Å². The molecule has 2 aliphatic heterocycles. The molecular weight excluding hydrogens is 466 g/mol. The van der Waals surface area contributed by atoms with Crippen LogP contribution in [0.2, 0.25) is 0 Å². The molecule has 2 amide bonds. The first kappa shape index (κ1) is 23.3. The predicted octanol–water partition coefficient (Wildman–Crippen LogP) is 0.250. The molecule has 0 radical (unpaired) electrons. The predicted molar refractivity (Wildman–Crippen MR) is 112 cm³/mol. The Morgan fingerprint density at radius 2 is 2.19 bits per heavy atom. The number of rotatable bonds is 7. The van der Waals surface area contributed by atoms with Crippen LogP contribution in [-0.4, -0.2) is 74.8 Å². The largest absolute Gasteiger partial charge is 0.511 e. The molecule has 3 heterocycles. The van der Waals surface area contributed by atoms with Crippen molar-refractivity contribution < 1.29 is 38.6 Å². The van der Waals surface area contributed by atoms with Crippen LogP contribution in [0.15, 0.2) is 22.3 Å². The van der Waals surface area contributed by atoms with Crippen molar-refractivity contribution in [3.05, 3.63) is 22.8 Å². The molecule has 32 heavy (non-hydrogen) atoms. The molecular formula is C17H19N5O8S2. The van der Waals surface area contributed by atoms with Crippen LogP contribution in [0, 0.1) is 0 Å². The Morgan fingerprint density at radius 3 is 2.81 bits per heavy atom. The summed E-state index contributed by atoms with van der Waals surface area (Å²) >= 11 is 2.36. The number of nitrogen functional groups attached to an aromatic ring is 1. The standard InChI is InChI=1S/C17H19N5O8S2/c1-3-28-17(26)30-7(2)29-15(25)9-4-5-31-14-11(13(24)22(9)14)20-12(23)10(21-27)8-6-32-16(18)19-8/h4,6-7,11,14,27H,3,5H2,1-2H3,(H2,18,19)(H,20,23)/t7?,11?,14-/m1/s1. The number of hydrogen-bond donors (Lipinski definition) is 3. The van der Waals surface area contributed by atoms with Gasteiger partial charge in [0.1, 0.15) is 22.8 Å². The van der Waals surface area contributed by atoms with Gasteiger partial charge >= 0.3 is 12.1 Å². The number of anilines is 1. The smallest absolute Gasteiger partial charge is 0.435 e. The van der Waals surface area contributed by atoms with Crippen LogP contribution in [0.1, 0.15) is 19.5 Å². The minimum atomic E-state index is -1.24. The van der Waals surface area contributed by atoms with Crippen LogP contribution in [0.25, 0.3) is 0 Å². The molecule has 0 spiro atoms. The van der Waals surface area contributed by atoms with E-state index in [1.165, 1.54) is 35.0 Å². The topological polar surface area (TPSA) is 183 Å². The molecule has 0 aliphatic carbocycles. The summed E-state index contributed by atoms with van der Waals surface area (Å²) in [5, 5.41) is 15.7. The molecule has 0 saturated carbocycles. The third kappa shape index (κ3) is 4.77. The van der Waals surface area contributed by atoms with Crippen molar-refractivity contribution in [1.82, 2.24) is 15.2 Å². The van der Waals surface area contributed by atoms with Gasteiger partial charge in [0.05, 0.1) is 6.61 Å². The molecule has 0 aromatic carbocycles. The summed E-state index contributed by atoms with van der Waals surface area (Å²) in [7, 11) is 0. The summed E-state index contributed by atoms with van der Waals surface area (Å²) in [5.41, 5.74) is 5.16. The molecule has 2 unspecified atom stereocenters. The van der Waals surface area contributed by atoms with Crippen molar-refractivity contribution in [1.29, 1.82) is 0 Å². The van der Waals surface area contributed by atoms with Gasteiger partial charge < -0.3 is 30.5 Å². The van der Waals surface area contributed by atoms with E-state index in [1.807, 2.05) is 0 Å². The van der Waals surface area contributed by atoms with E-state index in [2.05, 4.69) is 20.2 Å². The number of fused-ring (bicyclic) bond motifs is 1. The number of ether oxygens (including phenoxy) is 3. The zero-order valence-corrected chi connectivity index (χ0v) is 18.5. The zero-order valence-electron chi connectivity index (χ0n) is 16.8. The number of amides is 2. The second-order valence-corrected chi connectivity index (χ2v) is 8.31. The molecule has 3 rings (SSSR count). The fourth-order valence-electron chi connectivity index (χ4n) is 2.87. The SMILES string of the molecule is CCOC(=O)OC(C)OC(=O)C1=CCS[C@@H]2C(NC(=O)C(=NO)c3csc(N)n3)C(=O)N12. The second-order valence-electron chi connectivity index (χ2n) is 6.27. The van der Waals surface area contributed by atoms with Crippen molar-refractivity contribution in [2.75, 3.05) is 18.1 Å². The molecule has 172 valence electrons. The molecule has 1 aromatic heterocycles. The van der Waals surface area contributed by atoms with Crippen LogP contribution in [0.5, 0.6) is 0 Å². The number of hydrogen-bond acceptors (Lipinski definition) is 13. The number of thioether (sulfide) groups is 1. The average Bonchev–Trinajstić information content (AvgIpc) is 3.17. The van der Waals surface area contributed by atoms with Crippen molar-refractivity contribution >= 4 is 57.9 Å². The Hall–Kier alpha value is -3.33. The van der Waals surface area contributed by atoms with Crippen LogP contribution < -0.4 is 11.1 Å². The Labute approximate surface area is 189 Å². The van der Waals surface area contributed by atoms with E-state index >= 15 is 0 Å². The van der Waals surface area contributed by atoms with E-state index in [1.54, 1.807) is 6.92 Å². The lowest BCUT2D eigenvalue weighted by Gasteiger charge is -2.48. The Kier molecular flexibility index (Phi) is 7.19. The number of carbonyl (C=O) groups is 4. The van der Waals surface area contributed by atoms with E-state index in [9.17, 15) is 24.4 Å². The Balaban J connectivity index is 1.62. The molecule has 1 fully saturated rings. The van der Waals surface area contributed by atoms with E-state index in [0.29, 0.717) is 5.75 Å². The Morgan fingerprint density at radius 1 is 1.44 bits per heavy atom. The number of oxime groups is 1. The molecule has 1 saturated heterocycles. The first-order valence-corrected chi connectivity index (χ1v) is 11.1. The van der Waals surface area contributed by atoms with Crippen molar-refractivity contribution in [2.45, 2.75) is 31.6 Å². The molecule has 2 aliphatic rings. The highest BCUT2D eigenvalue weighted by molar-refractivity contribution is 8.00. The van der Waals surface area contributed by atoms with Gasteiger partial charge in [-0.15, -0.1) is 23.1 Å². The molecule has 15 heteroatoms. The van der Waals surface area contributed by atoms with Crippen LogP contribution >= 0.6 is 23.1 Å². The van der Waals surface area contributed by atoms with Crippen LogP contribution in [0.4, 0.5) is 9.93 Å². The van der Waals surface area contributed by atoms with Gasteiger partial charge in [-0.1, -0.05) is 5.16 Å². The average molecular weight is 486 g/mol. The monoisotopic (exact) mass is 485 g/mol. The van der Waals surface area contributed by atoms with Gasteiger partial charge in [0.15, 0.2) is 10.8 Å². The van der Waals surface area contributed by atoms with Gasteiger partial charge in [-0.2, -0.15) is 0 Å². The quantitative estimate of drug-likeness (QED) is 0.120. The van der Waals surface area contributed by atoms with Crippen molar-refractivity contribution in [2.24, 2.45) is 5.16 Å². The number of thiazole rings is 1. The van der Waals surface area contributed by atoms with Gasteiger partial charge in [-0.25, -0.2) is 14.6 Å². The number of nitrogens with two attached hydrogens (primary N) is 1. The fourth-order valence-corrected chi connectivity index (χ4v) is 4.61. The fraction of sp³-hybridized carbons (Fsp3) is 0.412. The van der Waals surface area contributed by atoms with Crippen molar-refractivity contribution in [3.63, 3.8) is 0 Å². The number of β-lactam (4-membered cyclic amide) rings is 1. The van der Waals surface area contributed by atoms with Crippen molar-refractivity contribution in [3.8, 4) is 0 Å². The normalized spacial score (nSPS) is 20.9. The summed E-state index contributed by atoms with van der Waals surface area (Å²) in [5.74, 6) is -1.90. The highest BCUT2D eigenvalue weighted by Gasteiger charge is 2.53. The number of nitrogens with zero attached hydrogens (tertiary/aromatic N) is 3. The number of esters is 1. The maximum absolute atomic E-state index is 12.7. The summed E-state index contributed by atoms with van der Waals surface area (Å²) in [6, 6.07) is -0.968. The molecule has 4 N–H and O–H groups in total. The molecule has 3 atom stereocenters. The lowest BCUT2D eigenvalue weighted by Crippen LogP contribution is -2.70. The minimum Gasteiger partial charge on any atom is -0.435 e. The van der Waals surface area contributed by atoms with Gasteiger partial charge in [0.2, 0.25) is 6.29 Å². The molecule has 0 bridgehead atoms. The third-order valence-corrected chi connectivity index (χ3v) is 6.08. The lowest BCUT2D eigenvalue weighted by atomic mass is 10.0. The minimum absolute atomic E-state index is 0.0353. The van der Waals surface area contributed by atoms with Gasteiger partial charge in [0, 0.05) is 18.1 Å². The Bertz CT molecular complexity index is 993. The summed E-state index contributed by atoms with van der Waals surface area (Å²) < 4.78 is 14.4. The van der Waals surface area contributed by atoms with E-state index in [4.69, 9.17) is 15.2 Å². The van der Waals surface area contributed by atoms with E-state index in [0.717, 1.165) is 11.3 Å². The maximum Gasteiger partial charge on any atom is 0.511 e. The van der Waals surface area contributed by atoms with Crippen LogP contribution in [-0.2, 0) is 28.6 Å². The van der Waals surface area contributed by atoms with E-state index in [-0.39, 0.29) is 23.1 Å². The van der Waals surface area contributed by atoms with Gasteiger partial charge in [0.25, 0.3) is 11.8 Å². The number of nitrogens with one attached hydrogen (secondary N) is 1. The summed E-state index contributed by atoms with van der Waals surface area (Å²) in [6.07, 6.45) is -0.740. The summed E-state index contributed by atoms with van der Waals surface area (Å²) in [6.45, 7) is 3.01.